The summed E-state index contributed by atoms with van der Waals surface area (Å²) in [5.74, 6) is 3.28. The van der Waals surface area contributed by atoms with E-state index in [0.717, 1.165) is 12.8 Å². The topological polar surface area (TPSA) is 72.6 Å². The molecule has 0 unspecified atom stereocenters. The molecule has 2 rings (SSSR count). The Kier molecular flexibility index (Phi) is 4.21. The lowest BCUT2D eigenvalue weighted by atomic mass is 10.3. The summed E-state index contributed by atoms with van der Waals surface area (Å²) in [7, 11) is -2.13. The van der Waals surface area contributed by atoms with Crippen LogP contribution in [0, 0.1) is 18.3 Å². The van der Waals surface area contributed by atoms with Gasteiger partial charge >= 0.3 is 0 Å². The molecule has 0 radical (unpaired) electrons. The van der Waals surface area contributed by atoms with Gasteiger partial charge in [-0.1, -0.05) is 5.92 Å². The maximum absolute atomic E-state index is 12.6. The van der Waals surface area contributed by atoms with E-state index >= 15 is 0 Å². The predicted molar refractivity (Wildman–Crippen MR) is 77.7 cm³/mol. The fourth-order valence-corrected chi connectivity index (χ4v) is 3.43. The fraction of sp³-hybridized carbons (Fsp3) is 0.429. The SMILES string of the molecule is C#CCN(CC1CC1)S(=O)(=O)c1ccc(OC)c(N)c1. The molecule has 1 aliphatic rings. The molecule has 0 amide bonds. The van der Waals surface area contributed by atoms with E-state index in [1.807, 2.05) is 0 Å². The van der Waals surface area contributed by atoms with Crippen LogP contribution in [-0.2, 0) is 10.0 Å². The van der Waals surface area contributed by atoms with Crippen molar-refractivity contribution in [3.8, 4) is 18.1 Å². The van der Waals surface area contributed by atoms with Crippen molar-refractivity contribution in [2.24, 2.45) is 5.92 Å². The highest BCUT2D eigenvalue weighted by Gasteiger charge is 2.31. The Morgan fingerprint density at radius 1 is 1.50 bits per heavy atom. The zero-order chi connectivity index (χ0) is 14.8. The summed E-state index contributed by atoms with van der Waals surface area (Å²) in [5.41, 5.74) is 6.06. The van der Waals surface area contributed by atoms with Gasteiger partial charge in [-0.05, 0) is 37.0 Å². The molecular weight excluding hydrogens is 276 g/mol. The Bertz CT molecular complexity index is 630. The predicted octanol–water partition coefficient (Wildman–Crippen LogP) is 1.31. The first-order valence-electron chi connectivity index (χ1n) is 6.36. The van der Waals surface area contributed by atoms with E-state index in [9.17, 15) is 8.42 Å². The van der Waals surface area contributed by atoms with Gasteiger partial charge in [0.15, 0.2) is 0 Å². The largest absolute Gasteiger partial charge is 0.495 e. The van der Waals surface area contributed by atoms with E-state index in [4.69, 9.17) is 16.9 Å². The van der Waals surface area contributed by atoms with Crippen LogP contribution in [0.3, 0.4) is 0 Å². The molecule has 0 saturated heterocycles. The number of nitrogens with two attached hydrogens (primary N) is 1. The van der Waals surface area contributed by atoms with E-state index in [0.29, 0.717) is 23.9 Å². The number of terminal acetylenes is 1. The Morgan fingerprint density at radius 3 is 2.70 bits per heavy atom. The van der Waals surface area contributed by atoms with Gasteiger partial charge in [-0.2, -0.15) is 4.31 Å². The molecule has 0 bridgehead atoms. The van der Waals surface area contributed by atoms with Gasteiger partial charge in [0.2, 0.25) is 10.0 Å². The van der Waals surface area contributed by atoms with Gasteiger partial charge < -0.3 is 10.5 Å². The Balaban J connectivity index is 2.31. The first-order valence-corrected chi connectivity index (χ1v) is 7.80. The maximum atomic E-state index is 12.6. The molecule has 0 heterocycles. The number of nitrogens with zero attached hydrogens (tertiary/aromatic N) is 1. The number of rotatable bonds is 6. The number of benzene rings is 1. The highest BCUT2D eigenvalue weighted by atomic mass is 32.2. The zero-order valence-corrected chi connectivity index (χ0v) is 12.2. The maximum Gasteiger partial charge on any atom is 0.244 e. The lowest BCUT2D eigenvalue weighted by molar-refractivity contribution is 0.416. The van der Waals surface area contributed by atoms with Gasteiger partial charge in [-0.25, -0.2) is 8.42 Å². The molecule has 0 aromatic heterocycles. The molecule has 1 aromatic rings. The van der Waals surface area contributed by atoms with Crippen molar-refractivity contribution >= 4 is 15.7 Å². The van der Waals surface area contributed by atoms with Crippen LogP contribution >= 0.6 is 0 Å². The normalized spacial score (nSPS) is 15.1. The molecule has 0 aliphatic heterocycles. The molecule has 6 heteroatoms. The molecular formula is C14H18N2O3S. The van der Waals surface area contributed by atoms with Crippen LogP contribution in [0.25, 0.3) is 0 Å². The third-order valence-corrected chi connectivity index (χ3v) is 5.07. The average molecular weight is 294 g/mol. The van der Waals surface area contributed by atoms with E-state index in [1.165, 1.54) is 23.5 Å². The summed E-state index contributed by atoms with van der Waals surface area (Å²) in [6.45, 7) is 0.545. The zero-order valence-electron chi connectivity index (χ0n) is 11.4. The average Bonchev–Trinajstić information content (AvgIpc) is 3.22. The van der Waals surface area contributed by atoms with Crippen LogP contribution in [0.2, 0.25) is 0 Å². The van der Waals surface area contributed by atoms with Crippen LogP contribution in [0.5, 0.6) is 5.75 Å². The van der Waals surface area contributed by atoms with Gasteiger partial charge in [0, 0.05) is 6.54 Å². The third kappa shape index (κ3) is 3.06. The van der Waals surface area contributed by atoms with Crippen molar-refractivity contribution < 1.29 is 13.2 Å². The van der Waals surface area contributed by atoms with Crippen LogP contribution in [-0.4, -0.2) is 32.9 Å². The van der Waals surface area contributed by atoms with Crippen molar-refractivity contribution in [1.82, 2.24) is 4.31 Å². The first kappa shape index (κ1) is 14.7. The number of methoxy groups -OCH3 is 1. The second kappa shape index (κ2) is 5.73. The summed E-state index contributed by atoms with van der Waals surface area (Å²) < 4.78 is 31.5. The van der Waals surface area contributed by atoms with Crippen molar-refractivity contribution in [3.05, 3.63) is 18.2 Å². The molecule has 108 valence electrons. The van der Waals surface area contributed by atoms with Crippen molar-refractivity contribution in [2.75, 3.05) is 25.9 Å². The van der Waals surface area contributed by atoms with Crippen LogP contribution in [0.4, 0.5) is 5.69 Å². The van der Waals surface area contributed by atoms with Gasteiger partial charge in [-0.3, -0.25) is 0 Å². The quantitative estimate of drug-likeness (QED) is 0.634. The molecule has 20 heavy (non-hydrogen) atoms. The highest BCUT2D eigenvalue weighted by Crippen LogP contribution is 2.32. The number of hydrogen-bond acceptors (Lipinski definition) is 4. The molecule has 0 atom stereocenters. The van der Waals surface area contributed by atoms with Crippen LogP contribution < -0.4 is 10.5 Å². The molecule has 0 spiro atoms. The van der Waals surface area contributed by atoms with E-state index in [2.05, 4.69) is 5.92 Å². The minimum Gasteiger partial charge on any atom is -0.495 e. The van der Waals surface area contributed by atoms with E-state index < -0.39 is 10.0 Å². The van der Waals surface area contributed by atoms with Crippen molar-refractivity contribution in [3.63, 3.8) is 0 Å². The van der Waals surface area contributed by atoms with E-state index in [1.54, 1.807) is 6.07 Å². The molecule has 1 fully saturated rings. The molecule has 2 N–H and O–H groups in total. The smallest absolute Gasteiger partial charge is 0.244 e. The number of ether oxygens (including phenoxy) is 1. The first-order chi connectivity index (χ1) is 9.48. The second-order valence-corrected chi connectivity index (χ2v) is 6.79. The van der Waals surface area contributed by atoms with Gasteiger partial charge in [0.05, 0.1) is 24.2 Å². The molecule has 5 nitrogen and oxygen atoms in total. The van der Waals surface area contributed by atoms with Gasteiger partial charge in [-0.15, -0.1) is 6.42 Å². The van der Waals surface area contributed by atoms with Gasteiger partial charge in [0.25, 0.3) is 0 Å². The fourth-order valence-electron chi connectivity index (χ4n) is 1.96. The number of anilines is 1. The number of nitrogen functional groups attached to an aromatic ring is 1. The van der Waals surface area contributed by atoms with Crippen LogP contribution in [0.15, 0.2) is 23.1 Å². The highest BCUT2D eigenvalue weighted by molar-refractivity contribution is 7.89. The lowest BCUT2D eigenvalue weighted by Gasteiger charge is -2.20. The second-order valence-electron chi connectivity index (χ2n) is 4.85. The number of hydrogen-bond donors (Lipinski definition) is 1. The minimum absolute atomic E-state index is 0.0742. The number of sulfonamides is 1. The molecule has 1 aromatic carbocycles. The standard InChI is InChI=1S/C14H18N2O3S/c1-3-8-16(10-11-4-5-11)20(17,18)12-6-7-14(19-2)13(15)9-12/h1,6-7,9,11H,4-5,8,10,15H2,2H3. The summed E-state index contributed by atoms with van der Waals surface area (Å²) in [6, 6.07) is 4.44. The minimum atomic E-state index is -3.61. The van der Waals surface area contributed by atoms with Crippen molar-refractivity contribution in [2.45, 2.75) is 17.7 Å². The Morgan fingerprint density at radius 2 is 2.20 bits per heavy atom. The van der Waals surface area contributed by atoms with Crippen molar-refractivity contribution in [1.29, 1.82) is 0 Å². The summed E-state index contributed by atoms with van der Waals surface area (Å²) >= 11 is 0. The lowest BCUT2D eigenvalue weighted by Crippen LogP contribution is -2.33. The molecule has 1 saturated carbocycles. The summed E-state index contributed by atoms with van der Waals surface area (Å²) in [6.07, 6.45) is 7.39. The summed E-state index contributed by atoms with van der Waals surface area (Å²) in [4.78, 5) is 0.145. The van der Waals surface area contributed by atoms with Crippen LogP contribution in [0.1, 0.15) is 12.8 Å². The monoisotopic (exact) mass is 294 g/mol. The third-order valence-electron chi connectivity index (χ3n) is 3.27. The molecule has 1 aliphatic carbocycles. The summed E-state index contributed by atoms with van der Waals surface area (Å²) in [5, 5.41) is 0. The van der Waals surface area contributed by atoms with E-state index in [-0.39, 0.29) is 11.4 Å². The Hall–Kier alpha value is -1.71. The Labute approximate surface area is 119 Å². The van der Waals surface area contributed by atoms with Gasteiger partial charge in [0.1, 0.15) is 5.75 Å².